The molecule has 2 aromatic rings. The van der Waals surface area contributed by atoms with E-state index >= 15 is 0 Å². The third kappa shape index (κ3) is 4.70. The first-order chi connectivity index (χ1) is 9.73. The third-order valence-corrected chi connectivity index (χ3v) is 4.09. The lowest BCUT2D eigenvalue weighted by Crippen LogP contribution is -2.18. The third-order valence-electron chi connectivity index (χ3n) is 3.15. The Labute approximate surface area is 129 Å². The molecule has 0 saturated heterocycles. The Bertz CT molecular complexity index is 642. The molecule has 1 aromatic carbocycles. The van der Waals surface area contributed by atoms with Crippen molar-refractivity contribution < 1.29 is 4.79 Å². The van der Waals surface area contributed by atoms with Gasteiger partial charge in [0.15, 0.2) is 5.13 Å². The van der Waals surface area contributed by atoms with Crippen LogP contribution in [-0.2, 0) is 4.79 Å². The SMILES string of the molecule is CC(CC(=O)Nc1nc2ccc(N)cc2s1)CC(C)(C)C. The minimum atomic E-state index is 0.0266. The number of hydrogen-bond acceptors (Lipinski definition) is 4. The number of thiazole rings is 1. The monoisotopic (exact) mass is 305 g/mol. The molecule has 0 saturated carbocycles. The van der Waals surface area contributed by atoms with Crippen molar-refractivity contribution >= 4 is 38.3 Å². The summed E-state index contributed by atoms with van der Waals surface area (Å²) in [5.41, 5.74) is 7.57. The van der Waals surface area contributed by atoms with Gasteiger partial charge in [-0.25, -0.2) is 4.98 Å². The van der Waals surface area contributed by atoms with Crippen molar-refractivity contribution in [2.45, 2.75) is 40.5 Å². The largest absolute Gasteiger partial charge is 0.399 e. The molecule has 0 aliphatic heterocycles. The zero-order valence-corrected chi connectivity index (χ0v) is 13.9. The molecule has 0 bridgehead atoms. The highest BCUT2D eigenvalue weighted by molar-refractivity contribution is 7.22. The molecule has 1 unspecified atom stereocenters. The number of nitrogens with two attached hydrogens (primary N) is 1. The summed E-state index contributed by atoms with van der Waals surface area (Å²) in [5, 5.41) is 3.54. The van der Waals surface area contributed by atoms with Crippen molar-refractivity contribution in [1.82, 2.24) is 4.98 Å². The summed E-state index contributed by atoms with van der Waals surface area (Å²) in [6, 6.07) is 5.57. The molecule has 5 heteroatoms. The maximum absolute atomic E-state index is 12.1. The van der Waals surface area contributed by atoms with E-state index in [1.54, 1.807) is 0 Å². The Morgan fingerprint density at radius 2 is 2.14 bits per heavy atom. The van der Waals surface area contributed by atoms with Gasteiger partial charge in [-0.3, -0.25) is 4.79 Å². The lowest BCUT2D eigenvalue weighted by Gasteiger charge is -2.22. The first kappa shape index (κ1) is 15.8. The van der Waals surface area contributed by atoms with Gasteiger partial charge >= 0.3 is 0 Å². The highest BCUT2D eigenvalue weighted by atomic mass is 32.1. The van der Waals surface area contributed by atoms with Gasteiger partial charge in [0.2, 0.25) is 5.91 Å². The molecule has 4 nitrogen and oxygen atoms in total. The number of nitrogen functional groups attached to an aromatic ring is 1. The van der Waals surface area contributed by atoms with E-state index in [9.17, 15) is 4.79 Å². The number of fused-ring (bicyclic) bond motifs is 1. The van der Waals surface area contributed by atoms with Crippen molar-refractivity contribution in [3.8, 4) is 0 Å². The maximum Gasteiger partial charge on any atom is 0.226 e. The Morgan fingerprint density at radius 3 is 2.81 bits per heavy atom. The molecular weight excluding hydrogens is 282 g/mol. The van der Waals surface area contributed by atoms with Crippen LogP contribution >= 0.6 is 11.3 Å². The predicted octanol–water partition coefficient (Wildman–Crippen LogP) is 4.28. The molecule has 1 aromatic heterocycles. The van der Waals surface area contributed by atoms with Crippen LogP contribution in [0.3, 0.4) is 0 Å². The predicted molar refractivity (Wildman–Crippen MR) is 90.5 cm³/mol. The molecule has 0 aliphatic carbocycles. The molecule has 0 spiro atoms. The van der Waals surface area contributed by atoms with Crippen LogP contribution in [0.15, 0.2) is 18.2 Å². The quantitative estimate of drug-likeness (QED) is 0.828. The molecule has 1 amide bonds. The normalized spacial score (nSPS) is 13.3. The van der Waals surface area contributed by atoms with Crippen LogP contribution in [0.25, 0.3) is 10.2 Å². The van der Waals surface area contributed by atoms with Gasteiger partial charge in [0, 0.05) is 12.1 Å². The van der Waals surface area contributed by atoms with Gasteiger partial charge in [0.25, 0.3) is 0 Å². The van der Waals surface area contributed by atoms with Crippen LogP contribution in [0.4, 0.5) is 10.8 Å². The second-order valence-electron chi connectivity index (χ2n) is 6.87. The topological polar surface area (TPSA) is 68.0 Å². The van der Waals surface area contributed by atoms with Gasteiger partial charge in [-0.15, -0.1) is 0 Å². The number of nitrogens with one attached hydrogen (secondary N) is 1. The van der Waals surface area contributed by atoms with E-state index in [-0.39, 0.29) is 11.3 Å². The molecule has 2 rings (SSSR count). The van der Waals surface area contributed by atoms with E-state index in [2.05, 4.69) is 38.0 Å². The smallest absolute Gasteiger partial charge is 0.226 e. The first-order valence-corrected chi connectivity index (χ1v) is 8.00. The highest BCUT2D eigenvalue weighted by Crippen LogP contribution is 2.29. The van der Waals surface area contributed by atoms with Crippen molar-refractivity contribution in [2.24, 2.45) is 11.3 Å². The van der Waals surface area contributed by atoms with E-state index in [0.29, 0.717) is 23.2 Å². The lowest BCUT2D eigenvalue weighted by atomic mass is 9.84. The Balaban J connectivity index is 1.98. The van der Waals surface area contributed by atoms with E-state index in [4.69, 9.17) is 5.73 Å². The van der Waals surface area contributed by atoms with Crippen LogP contribution in [-0.4, -0.2) is 10.9 Å². The zero-order valence-electron chi connectivity index (χ0n) is 13.1. The summed E-state index contributed by atoms with van der Waals surface area (Å²) in [7, 11) is 0. The lowest BCUT2D eigenvalue weighted by molar-refractivity contribution is -0.117. The Morgan fingerprint density at radius 1 is 1.43 bits per heavy atom. The number of rotatable bonds is 4. The summed E-state index contributed by atoms with van der Waals surface area (Å²) in [5.74, 6) is 0.383. The molecular formula is C16H23N3OS. The van der Waals surface area contributed by atoms with Gasteiger partial charge < -0.3 is 11.1 Å². The van der Waals surface area contributed by atoms with Crippen molar-refractivity contribution in [1.29, 1.82) is 0 Å². The van der Waals surface area contributed by atoms with Gasteiger partial charge in [0.1, 0.15) is 0 Å². The number of carbonyl (C=O) groups is 1. The fourth-order valence-electron chi connectivity index (χ4n) is 2.60. The summed E-state index contributed by atoms with van der Waals surface area (Å²) in [6.45, 7) is 8.70. The van der Waals surface area contributed by atoms with Crippen molar-refractivity contribution in [2.75, 3.05) is 11.1 Å². The highest BCUT2D eigenvalue weighted by Gasteiger charge is 2.18. The zero-order chi connectivity index (χ0) is 15.6. The van der Waals surface area contributed by atoms with E-state index < -0.39 is 0 Å². The second kappa shape index (κ2) is 6.02. The van der Waals surface area contributed by atoms with Crippen LogP contribution < -0.4 is 11.1 Å². The molecule has 3 N–H and O–H groups in total. The number of nitrogens with zero attached hydrogens (tertiary/aromatic N) is 1. The van der Waals surface area contributed by atoms with Crippen LogP contribution in [0.1, 0.15) is 40.5 Å². The Kier molecular flexibility index (Phi) is 4.52. The number of anilines is 2. The molecule has 21 heavy (non-hydrogen) atoms. The summed E-state index contributed by atoms with van der Waals surface area (Å²) in [4.78, 5) is 16.5. The molecule has 0 aliphatic rings. The summed E-state index contributed by atoms with van der Waals surface area (Å²) >= 11 is 1.46. The minimum Gasteiger partial charge on any atom is -0.399 e. The van der Waals surface area contributed by atoms with Gasteiger partial charge in [-0.05, 0) is 36.0 Å². The standard InChI is InChI=1S/C16H23N3OS/c1-10(9-16(2,3)4)7-14(20)19-15-18-12-6-5-11(17)8-13(12)21-15/h5-6,8,10H,7,9,17H2,1-4H3,(H,18,19,20). The number of benzene rings is 1. The molecule has 0 radical (unpaired) electrons. The first-order valence-electron chi connectivity index (χ1n) is 7.19. The van der Waals surface area contributed by atoms with Gasteiger partial charge in [-0.1, -0.05) is 39.0 Å². The second-order valence-corrected chi connectivity index (χ2v) is 7.90. The Hall–Kier alpha value is -1.62. The number of carbonyl (C=O) groups excluding carboxylic acids is 1. The van der Waals surface area contributed by atoms with Gasteiger partial charge in [0.05, 0.1) is 10.2 Å². The van der Waals surface area contributed by atoms with E-state index in [1.165, 1.54) is 11.3 Å². The van der Waals surface area contributed by atoms with Crippen molar-refractivity contribution in [3.05, 3.63) is 18.2 Å². The summed E-state index contributed by atoms with van der Waals surface area (Å²) in [6.07, 6.45) is 1.55. The van der Waals surface area contributed by atoms with Gasteiger partial charge in [-0.2, -0.15) is 0 Å². The number of amides is 1. The molecule has 0 fully saturated rings. The van der Waals surface area contributed by atoms with Crippen LogP contribution in [0, 0.1) is 11.3 Å². The van der Waals surface area contributed by atoms with Crippen LogP contribution in [0.5, 0.6) is 0 Å². The van der Waals surface area contributed by atoms with E-state index in [0.717, 1.165) is 16.6 Å². The average molecular weight is 305 g/mol. The molecule has 1 atom stereocenters. The number of aromatic nitrogens is 1. The average Bonchev–Trinajstić information content (AvgIpc) is 2.66. The van der Waals surface area contributed by atoms with Crippen LogP contribution in [0.2, 0.25) is 0 Å². The molecule has 1 heterocycles. The summed E-state index contributed by atoms with van der Waals surface area (Å²) < 4.78 is 0.994. The molecule has 114 valence electrons. The van der Waals surface area contributed by atoms with E-state index in [1.807, 2.05) is 18.2 Å². The number of hydrogen-bond donors (Lipinski definition) is 2. The maximum atomic E-state index is 12.1. The fraction of sp³-hybridized carbons (Fsp3) is 0.500. The van der Waals surface area contributed by atoms with Crippen molar-refractivity contribution in [3.63, 3.8) is 0 Å². The fourth-order valence-corrected chi connectivity index (χ4v) is 3.53. The minimum absolute atomic E-state index is 0.0266.